The van der Waals surface area contributed by atoms with Crippen molar-refractivity contribution in [2.24, 2.45) is 10.9 Å². The van der Waals surface area contributed by atoms with Gasteiger partial charge in [-0.1, -0.05) is 32.9 Å². The molecule has 0 radical (unpaired) electrons. The average molecular weight is 165 g/mol. The number of allylic oxidation sites excluding steroid dienone is 2. The first-order valence-electron chi connectivity index (χ1n) is 4.47. The molecule has 0 unspecified atom stereocenters. The number of hydrogen-bond donors (Lipinski definition) is 0. The number of rotatable bonds is 4. The fourth-order valence-corrected chi connectivity index (χ4v) is 0.713. The maximum absolute atomic E-state index is 4.35. The maximum atomic E-state index is 4.35. The Hall–Kier alpha value is -0.850. The second-order valence-electron chi connectivity index (χ2n) is 3.24. The van der Waals surface area contributed by atoms with Crippen LogP contribution in [0.15, 0.2) is 29.4 Å². The quantitative estimate of drug-likeness (QED) is 0.564. The molecule has 0 amide bonds. The van der Waals surface area contributed by atoms with Crippen molar-refractivity contribution in [3.8, 4) is 0 Å². The van der Waals surface area contributed by atoms with Crippen LogP contribution >= 0.6 is 0 Å². The summed E-state index contributed by atoms with van der Waals surface area (Å²) in [5.41, 5.74) is 2.36. The van der Waals surface area contributed by atoms with Gasteiger partial charge >= 0.3 is 0 Å². The molecule has 0 heterocycles. The van der Waals surface area contributed by atoms with Crippen molar-refractivity contribution < 1.29 is 0 Å². The number of nitrogens with zero attached hydrogens (tertiary/aromatic N) is 1. The zero-order valence-corrected chi connectivity index (χ0v) is 8.59. The van der Waals surface area contributed by atoms with E-state index in [1.807, 2.05) is 12.3 Å². The molecule has 1 nitrogen and oxygen atoms in total. The smallest absolute Gasteiger partial charge is 0.0423 e. The molecule has 68 valence electrons. The lowest BCUT2D eigenvalue weighted by Crippen LogP contribution is -2.02. The van der Waals surface area contributed by atoms with Crippen molar-refractivity contribution in [3.05, 3.63) is 24.4 Å². The van der Waals surface area contributed by atoms with Gasteiger partial charge in [-0.05, 0) is 25.3 Å². The Morgan fingerprint density at radius 2 is 2.08 bits per heavy atom. The first-order valence-corrected chi connectivity index (χ1v) is 4.47. The molecule has 0 saturated heterocycles. The van der Waals surface area contributed by atoms with E-state index in [4.69, 9.17) is 0 Å². The Morgan fingerprint density at radius 1 is 1.50 bits per heavy atom. The molecule has 0 aliphatic heterocycles. The zero-order chi connectivity index (χ0) is 9.56. The van der Waals surface area contributed by atoms with Gasteiger partial charge in [-0.15, -0.1) is 0 Å². The van der Waals surface area contributed by atoms with Crippen LogP contribution in [0.25, 0.3) is 0 Å². The van der Waals surface area contributed by atoms with Crippen LogP contribution in [0, 0.1) is 5.92 Å². The van der Waals surface area contributed by atoms with Gasteiger partial charge in [0.15, 0.2) is 0 Å². The molecule has 0 N–H and O–H groups in total. The standard InChI is InChI=1S/C11H19N/c1-6-10(5)8-12-11(7-2)9(3)4/h7-9H,2,6H2,1,3-5H3/b10-8+,12-11?. The van der Waals surface area contributed by atoms with Crippen molar-refractivity contribution in [3.63, 3.8) is 0 Å². The van der Waals surface area contributed by atoms with Gasteiger partial charge in [0.25, 0.3) is 0 Å². The van der Waals surface area contributed by atoms with Crippen LogP contribution in [0.4, 0.5) is 0 Å². The summed E-state index contributed by atoms with van der Waals surface area (Å²) in [6.07, 6.45) is 4.81. The average Bonchev–Trinajstić information content (AvgIpc) is 2.04. The van der Waals surface area contributed by atoms with Gasteiger partial charge in [-0.2, -0.15) is 0 Å². The Bertz CT molecular complexity index is 197. The zero-order valence-electron chi connectivity index (χ0n) is 8.59. The lowest BCUT2D eigenvalue weighted by Gasteiger charge is -2.02. The van der Waals surface area contributed by atoms with Crippen molar-refractivity contribution in [1.82, 2.24) is 0 Å². The maximum Gasteiger partial charge on any atom is 0.0423 e. The third kappa shape index (κ3) is 4.12. The van der Waals surface area contributed by atoms with E-state index in [2.05, 4.69) is 39.3 Å². The molecular formula is C11H19N. The molecule has 0 aliphatic rings. The predicted octanol–water partition coefficient (Wildman–Crippen LogP) is 3.58. The Labute approximate surface area is 75.9 Å². The van der Waals surface area contributed by atoms with E-state index in [0.29, 0.717) is 5.92 Å². The highest BCUT2D eigenvalue weighted by Gasteiger charge is 1.97. The first-order chi connectivity index (χ1) is 5.61. The molecule has 12 heavy (non-hydrogen) atoms. The number of hydrogen-bond acceptors (Lipinski definition) is 1. The first kappa shape index (κ1) is 11.2. The molecule has 1 heteroatoms. The molecule has 0 saturated carbocycles. The summed E-state index contributed by atoms with van der Waals surface area (Å²) in [7, 11) is 0. The van der Waals surface area contributed by atoms with Crippen LogP contribution in [-0.4, -0.2) is 5.71 Å². The fraction of sp³-hybridized carbons (Fsp3) is 0.545. The Kier molecular flexibility index (Phi) is 5.35. The normalized spacial score (nSPS) is 13.8. The van der Waals surface area contributed by atoms with Crippen LogP contribution in [-0.2, 0) is 0 Å². The SMILES string of the molecule is C=CC(=N/C=C(\C)CC)C(C)C. The van der Waals surface area contributed by atoms with Crippen LogP contribution in [0.1, 0.15) is 34.1 Å². The summed E-state index contributed by atoms with van der Waals surface area (Å²) < 4.78 is 0. The minimum absolute atomic E-state index is 0.461. The molecule has 0 bridgehead atoms. The summed E-state index contributed by atoms with van der Waals surface area (Å²) in [4.78, 5) is 4.35. The molecule has 0 aromatic heterocycles. The van der Waals surface area contributed by atoms with Crippen LogP contribution in [0.3, 0.4) is 0 Å². The van der Waals surface area contributed by atoms with Crippen LogP contribution < -0.4 is 0 Å². The molecule has 0 aliphatic carbocycles. The molecule has 0 aromatic carbocycles. The predicted molar refractivity (Wildman–Crippen MR) is 56.5 cm³/mol. The molecule has 0 fully saturated rings. The minimum Gasteiger partial charge on any atom is -0.261 e. The molecule has 0 rings (SSSR count). The summed E-state index contributed by atoms with van der Waals surface area (Å²) in [5.74, 6) is 0.461. The van der Waals surface area contributed by atoms with Crippen LogP contribution in [0.5, 0.6) is 0 Å². The fourth-order valence-electron chi connectivity index (χ4n) is 0.713. The third-order valence-corrected chi connectivity index (χ3v) is 1.79. The lowest BCUT2D eigenvalue weighted by atomic mass is 10.1. The highest BCUT2D eigenvalue weighted by molar-refractivity contribution is 5.96. The van der Waals surface area contributed by atoms with E-state index in [1.54, 1.807) is 0 Å². The molecule has 0 atom stereocenters. The Balaban J connectivity index is 4.40. The van der Waals surface area contributed by atoms with E-state index in [9.17, 15) is 0 Å². The summed E-state index contributed by atoms with van der Waals surface area (Å²) in [5, 5.41) is 0. The summed E-state index contributed by atoms with van der Waals surface area (Å²) in [6, 6.07) is 0. The van der Waals surface area contributed by atoms with Gasteiger partial charge in [-0.25, -0.2) is 0 Å². The van der Waals surface area contributed by atoms with Gasteiger partial charge in [0, 0.05) is 11.9 Å². The second-order valence-corrected chi connectivity index (χ2v) is 3.24. The highest BCUT2D eigenvalue weighted by atomic mass is 14.7. The largest absolute Gasteiger partial charge is 0.261 e. The minimum atomic E-state index is 0.461. The number of aliphatic imine (C=N–C) groups is 1. The second kappa shape index (κ2) is 5.76. The van der Waals surface area contributed by atoms with E-state index in [1.165, 1.54) is 5.57 Å². The van der Waals surface area contributed by atoms with E-state index in [-0.39, 0.29) is 0 Å². The summed E-state index contributed by atoms with van der Waals surface area (Å²) >= 11 is 0. The Morgan fingerprint density at radius 3 is 2.42 bits per heavy atom. The van der Waals surface area contributed by atoms with Crippen molar-refractivity contribution in [2.75, 3.05) is 0 Å². The van der Waals surface area contributed by atoms with Crippen molar-refractivity contribution in [1.29, 1.82) is 0 Å². The monoisotopic (exact) mass is 165 g/mol. The van der Waals surface area contributed by atoms with Gasteiger partial charge in [0.2, 0.25) is 0 Å². The van der Waals surface area contributed by atoms with E-state index < -0.39 is 0 Å². The topological polar surface area (TPSA) is 12.4 Å². The molecule has 0 aromatic rings. The van der Waals surface area contributed by atoms with E-state index in [0.717, 1.165) is 12.1 Å². The van der Waals surface area contributed by atoms with E-state index >= 15 is 0 Å². The van der Waals surface area contributed by atoms with Gasteiger partial charge < -0.3 is 0 Å². The van der Waals surface area contributed by atoms with Crippen molar-refractivity contribution in [2.45, 2.75) is 34.1 Å². The highest BCUT2D eigenvalue weighted by Crippen LogP contribution is 2.02. The van der Waals surface area contributed by atoms with Crippen LogP contribution in [0.2, 0.25) is 0 Å². The lowest BCUT2D eigenvalue weighted by molar-refractivity contribution is 0.888. The summed E-state index contributed by atoms with van der Waals surface area (Å²) in [6.45, 7) is 12.2. The van der Waals surface area contributed by atoms with Crippen molar-refractivity contribution >= 4 is 5.71 Å². The molecule has 0 spiro atoms. The third-order valence-electron chi connectivity index (χ3n) is 1.79. The van der Waals surface area contributed by atoms with Gasteiger partial charge in [0.05, 0.1) is 0 Å². The molecular weight excluding hydrogens is 146 g/mol. The van der Waals surface area contributed by atoms with Gasteiger partial charge in [-0.3, -0.25) is 4.99 Å². The van der Waals surface area contributed by atoms with Gasteiger partial charge in [0.1, 0.15) is 0 Å².